The third-order valence-corrected chi connectivity index (χ3v) is 8.35. The van der Waals surface area contributed by atoms with E-state index < -0.39 is 24.0 Å². The Balaban J connectivity index is 1.30. The predicted molar refractivity (Wildman–Crippen MR) is 135 cm³/mol. The Hall–Kier alpha value is -1.52. The third kappa shape index (κ3) is 9.46. The van der Waals surface area contributed by atoms with Gasteiger partial charge < -0.3 is 4.74 Å². The molecule has 0 heterocycles. The van der Waals surface area contributed by atoms with Gasteiger partial charge in [0, 0.05) is 0 Å². The fourth-order valence-electron chi connectivity index (χ4n) is 6.18. The molecule has 3 rings (SSSR count). The molecule has 1 nitrogen and oxygen atoms in total. The van der Waals surface area contributed by atoms with Gasteiger partial charge in [0.1, 0.15) is 0 Å². The van der Waals surface area contributed by atoms with Crippen molar-refractivity contribution in [3.63, 3.8) is 0 Å². The van der Waals surface area contributed by atoms with E-state index >= 15 is 0 Å². The highest BCUT2D eigenvalue weighted by Gasteiger charge is 2.27. The summed E-state index contributed by atoms with van der Waals surface area (Å²) >= 11 is 0. The second kappa shape index (κ2) is 14.9. The highest BCUT2D eigenvalue weighted by molar-refractivity contribution is 5.33. The monoisotopic (exact) mass is 496 g/mol. The molecule has 5 heteroatoms. The number of allylic oxidation sites excluding steroid dienone is 2. The van der Waals surface area contributed by atoms with Crippen molar-refractivity contribution in [2.45, 2.75) is 122 Å². The van der Waals surface area contributed by atoms with Crippen LogP contribution in [0.1, 0.15) is 121 Å². The lowest BCUT2D eigenvalue weighted by Crippen LogP contribution is -2.18. The molecule has 1 aromatic rings. The Bertz CT molecular complexity index is 739. The molecule has 0 atom stereocenters. The van der Waals surface area contributed by atoms with E-state index in [1.54, 1.807) is 0 Å². The maximum atomic E-state index is 14.1. The normalized spacial score (nSPS) is 25.4. The SMILES string of the molecule is CCCC=CCCCCC1CCC(CCC2CCC(c3cc(F)c(OC(F)F)c(F)c3)CC2)CC1. The first kappa shape index (κ1) is 28.1. The highest BCUT2D eigenvalue weighted by atomic mass is 19.3. The van der Waals surface area contributed by atoms with E-state index in [9.17, 15) is 17.6 Å². The summed E-state index contributed by atoms with van der Waals surface area (Å²) in [4.78, 5) is 0. The summed E-state index contributed by atoms with van der Waals surface area (Å²) in [5, 5.41) is 0. The highest BCUT2D eigenvalue weighted by Crippen LogP contribution is 2.41. The average molecular weight is 497 g/mol. The number of benzene rings is 1. The maximum Gasteiger partial charge on any atom is 0.387 e. The van der Waals surface area contributed by atoms with Crippen LogP contribution in [-0.4, -0.2) is 6.61 Å². The molecule has 2 aliphatic carbocycles. The van der Waals surface area contributed by atoms with Crippen molar-refractivity contribution in [3.05, 3.63) is 41.5 Å². The Kier molecular flexibility index (Phi) is 11.9. The molecular weight excluding hydrogens is 452 g/mol. The zero-order chi connectivity index (χ0) is 25.0. The summed E-state index contributed by atoms with van der Waals surface area (Å²) < 4.78 is 56.9. The van der Waals surface area contributed by atoms with Crippen LogP contribution >= 0.6 is 0 Å². The number of halogens is 4. The first-order valence-electron chi connectivity index (χ1n) is 14.0. The molecular formula is C30H44F4O. The van der Waals surface area contributed by atoms with Gasteiger partial charge in [0.25, 0.3) is 0 Å². The minimum absolute atomic E-state index is 0.0911. The van der Waals surface area contributed by atoms with Crippen LogP contribution in [0.15, 0.2) is 24.3 Å². The molecule has 0 radical (unpaired) electrons. The molecule has 0 aromatic heterocycles. The minimum Gasteiger partial charge on any atom is -0.429 e. The lowest BCUT2D eigenvalue weighted by molar-refractivity contribution is -0.0546. The quantitative estimate of drug-likeness (QED) is 0.150. The van der Waals surface area contributed by atoms with E-state index in [1.807, 2.05) is 0 Å². The Labute approximate surface area is 209 Å². The zero-order valence-corrected chi connectivity index (χ0v) is 21.4. The summed E-state index contributed by atoms with van der Waals surface area (Å²) in [6, 6.07) is 2.35. The van der Waals surface area contributed by atoms with E-state index in [-0.39, 0.29) is 5.92 Å². The van der Waals surface area contributed by atoms with Crippen LogP contribution in [-0.2, 0) is 0 Å². The molecule has 2 saturated carbocycles. The number of alkyl halides is 2. The minimum atomic E-state index is -3.24. The van der Waals surface area contributed by atoms with Gasteiger partial charge in [0.05, 0.1) is 0 Å². The fraction of sp³-hybridized carbons (Fsp3) is 0.733. The van der Waals surface area contributed by atoms with Gasteiger partial charge in [0.2, 0.25) is 0 Å². The van der Waals surface area contributed by atoms with E-state index in [0.717, 1.165) is 37.5 Å². The van der Waals surface area contributed by atoms with Crippen LogP contribution in [0.2, 0.25) is 0 Å². The number of rotatable bonds is 13. The summed E-state index contributed by atoms with van der Waals surface area (Å²) in [5.74, 6) is -0.476. The van der Waals surface area contributed by atoms with E-state index in [4.69, 9.17) is 0 Å². The molecule has 0 amide bonds. The van der Waals surface area contributed by atoms with Gasteiger partial charge in [-0.3, -0.25) is 0 Å². The molecule has 1 aromatic carbocycles. The first-order chi connectivity index (χ1) is 17.0. The summed E-state index contributed by atoms with van der Waals surface area (Å²) in [6.07, 6.45) is 24.5. The topological polar surface area (TPSA) is 9.23 Å². The van der Waals surface area contributed by atoms with Crippen LogP contribution in [0.25, 0.3) is 0 Å². The number of unbranched alkanes of at least 4 members (excludes halogenated alkanes) is 3. The maximum absolute atomic E-state index is 14.1. The van der Waals surface area contributed by atoms with Crippen LogP contribution in [0, 0.1) is 29.4 Å². The number of hydrogen-bond donors (Lipinski definition) is 0. The van der Waals surface area contributed by atoms with Gasteiger partial charge in [-0.1, -0.05) is 76.9 Å². The van der Waals surface area contributed by atoms with Crippen LogP contribution in [0.5, 0.6) is 5.75 Å². The standard InChI is InChI=1S/C30H44F4O/c1-2-3-4-5-6-7-8-9-22-10-12-23(13-11-22)14-15-24-16-18-25(19-17-24)26-20-27(31)29(28(32)21-26)35-30(33)34/h4-5,20-25,30H,2-3,6-19H2,1H3. The molecule has 0 N–H and O–H groups in total. The smallest absolute Gasteiger partial charge is 0.387 e. The van der Waals surface area contributed by atoms with E-state index in [0.29, 0.717) is 11.5 Å². The molecule has 0 bridgehead atoms. The predicted octanol–water partition coefficient (Wildman–Crippen LogP) is 10.3. The second-order valence-electron chi connectivity index (χ2n) is 10.9. The Morgan fingerprint density at radius 1 is 0.771 bits per heavy atom. The lowest BCUT2D eigenvalue weighted by Gasteiger charge is -2.32. The molecule has 2 fully saturated rings. The van der Waals surface area contributed by atoms with Crippen molar-refractivity contribution in [2.75, 3.05) is 0 Å². The number of ether oxygens (including phenoxy) is 1. The van der Waals surface area contributed by atoms with Gasteiger partial charge in [-0.2, -0.15) is 8.78 Å². The summed E-state index contributed by atoms with van der Waals surface area (Å²) in [5.41, 5.74) is 0.565. The summed E-state index contributed by atoms with van der Waals surface area (Å²) in [7, 11) is 0. The average Bonchev–Trinajstić information content (AvgIpc) is 2.85. The lowest BCUT2D eigenvalue weighted by atomic mass is 9.74. The summed E-state index contributed by atoms with van der Waals surface area (Å²) in [6.45, 7) is -1.02. The van der Waals surface area contributed by atoms with Crippen molar-refractivity contribution in [3.8, 4) is 5.75 Å². The zero-order valence-electron chi connectivity index (χ0n) is 21.4. The molecule has 0 unspecified atom stereocenters. The second-order valence-corrected chi connectivity index (χ2v) is 10.9. The number of hydrogen-bond acceptors (Lipinski definition) is 1. The van der Waals surface area contributed by atoms with Crippen molar-refractivity contribution in [2.24, 2.45) is 17.8 Å². The Morgan fingerprint density at radius 3 is 1.83 bits per heavy atom. The van der Waals surface area contributed by atoms with Gasteiger partial charge >= 0.3 is 6.61 Å². The van der Waals surface area contributed by atoms with Gasteiger partial charge in [-0.05, 0) is 86.3 Å². The Morgan fingerprint density at radius 2 is 1.29 bits per heavy atom. The molecule has 198 valence electrons. The van der Waals surface area contributed by atoms with E-state index in [2.05, 4.69) is 23.8 Å². The molecule has 0 saturated heterocycles. The van der Waals surface area contributed by atoms with Crippen LogP contribution < -0.4 is 4.74 Å². The van der Waals surface area contributed by atoms with Crippen molar-refractivity contribution in [1.29, 1.82) is 0 Å². The van der Waals surface area contributed by atoms with Crippen molar-refractivity contribution in [1.82, 2.24) is 0 Å². The molecule has 0 spiro atoms. The van der Waals surface area contributed by atoms with Crippen LogP contribution in [0.4, 0.5) is 17.6 Å². The third-order valence-electron chi connectivity index (χ3n) is 8.35. The first-order valence-corrected chi connectivity index (χ1v) is 14.0. The molecule has 0 aliphatic heterocycles. The van der Waals surface area contributed by atoms with Crippen LogP contribution in [0.3, 0.4) is 0 Å². The largest absolute Gasteiger partial charge is 0.429 e. The van der Waals surface area contributed by atoms with E-state index in [1.165, 1.54) is 89.2 Å². The molecule has 2 aliphatic rings. The van der Waals surface area contributed by atoms with Gasteiger partial charge in [0.15, 0.2) is 17.4 Å². The van der Waals surface area contributed by atoms with Crippen molar-refractivity contribution >= 4 is 0 Å². The van der Waals surface area contributed by atoms with Crippen molar-refractivity contribution < 1.29 is 22.3 Å². The van der Waals surface area contributed by atoms with Gasteiger partial charge in [-0.25, -0.2) is 8.78 Å². The molecule has 35 heavy (non-hydrogen) atoms. The fourth-order valence-corrected chi connectivity index (χ4v) is 6.18. The van der Waals surface area contributed by atoms with Gasteiger partial charge in [-0.15, -0.1) is 0 Å².